The van der Waals surface area contributed by atoms with E-state index in [1.165, 1.54) is 11.3 Å². The van der Waals surface area contributed by atoms with Crippen LogP contribution in [0.2, 0.25) is 0 Å². The lowest BCUT2D eigenvalue weighted by molar-refractivity contribution is 0.542. The van der Waals surface area contributed by atoms with E-state index in [1.807, 2.05) is 25.1 Å². The summed E-state index contributed by atoms with van der Waals surface area (Å²) in [7, 11) is 0. The van der Waals surface area contributed by atoms with Crippen molar-refractivity contribution in [3.63, 3.8) is 0 Å². The van der Waals surface area contributed by atoms with Crippen LogP contribution in [0.1, 0.15) is 5.56 Å². The minimum atomic E-state index is -2.30. The predicted octanol–water partition coefficient (Wildman–Crippen LogP) is 1.81. The van der Waals surface area contributed by atoms with E-state index < -0.39 is 11.3 Å². The van der Waals surface area contributed by atoms with E-state index in [1.54, 1.807) is 0 Å². The summed E-state index contributed by atoms with van der Waals surface area (Å²) < 4.78 is 24.0. The van der Waals surface area contributed by atoms with E-state index in [0.29, 0.717) is 5.13 Å². The van der Waals surface area contributed by atoms with Gasteiger partial charge in [0.25, 0.3) is 0 Å². The molecule has 74 valence electrons. The van der Waals surface area contributed by atoms with Gasteiger partial charge in [-0.25, -0.2) is 4.98 Å². The maximum Gasteiger partial charge on any atom is 0.194 e. The number of fused-ring (bicyclic) bond motifs is 1. The molecule has 14 heavy (non-hydrogen) atoms. The summed E-state index contributed by atoms with van der Waals surface area (Å²) in [4.78, 5) is 4.11. The number of nitrogens with one attached hydrogen (secondary N) is 1. The van der Waals surface area contributed by atoms with E-state index >= 15 is 0 Å². The number of benzene rings is 1. The molecule has 4 nitrogen and oxygen atoms in total. The summed E-state index contributed by atoms with van der Waals surface area (Å²) in [6.45, 7) is 1.98. The van der Waals surface area contributed by atoms with Gasteiger partial charge < -0.3 is 4.55 Å². The van der Waals surface area contributed by atoms with Gasteiger partial charge in [0, 0.05) is 11.3 Å². The summed E-state index contributed by atoms with van der Waals surface area (Å²) >= 11 is -0.976. The monoisotopic (exact) mass is 227 g/mol. The van der Waals surface area contributed by atoms with Gasteiger partial charge >= 0.3 is 0 Å². The summed E-state index contributed by atoms with van der Waals surface area (Å²) in [6, 6.07) is 5.80. The first-order valence-corrected chi connectivity index (χ1v) is 5.77. The Bertz CT molecular complexity index is 495. The Hall–Kier alpha value is -0.980. The summed E-state index contributed by atoms with van der Waals surface area (Å²) in [5.41, 5.74) is 1.95. The Balaban J connectivity index is 2.46. The van der Waals surface area contributed by atoms with Crippen LogP contribution in [0.3, 0.4) is 0 Å². The third-order valence-corrected chi connectivity index (χ3v) is 3.14. The van der Waals surface area contributed by atoms with E-state index in [4.69, 9.17) is 0 Å². The number of nitrogens with zero attached hydrogens (tertiary/aromatic N) is 1. The Morgan fingerprint density at radius 3 is 3.07 bits per heavy atom. The lowest BCUT2D eigenvalue weighted by Crippen LogP contribution is -2.00. The lowest BCUT2D eigenvalue weighted by atomic mass is 10.2. The maximum absolute atomic E-state index is 10.4. The highest BCUT2D eigenvalue weighted by Gasteiger charge is 2.02. The third kappa shape index (κ3) is 1.92. The van der Waals surface area contributed by atoms with Gasteiger partial charge in [-0.1, -0.05) is 17.4 Å². The van der Waals surface area contributed by atoms with Crippen molar-refractivity contribution >= 4 is 38.0 Å². The average Bonchev–Trinajstić information content (AvgIpc) is 2.44. The van der Waals surface area contributed by atoms with Crippen molar-refractivity contribution in [1.29, 1.82) is 0 Å². The van der Waals surface area contributed by atoms with Crippen LogP contribution in [0.4, 0.5) is 5.13 Å². The zero-order valence-corrected chi connectivity index (χ0v) is 8.95. The Morgan fingerprint density at radius 1 is 1.57 bits per heavy atom. The topological polar surface area (TPSA) is 65.0 Å². The molecule has 0 saturated carbocycles. The molecule has 6 heteroatoms. The van der Waals surface area contributed by atoms with Crippen LogP contribution >= 0.6 is 11.3 Å². The second kappa shape index (κ2) is 3.64. The Labute approximate surface area is 87.4 Å². The number of hydrogen-bond acceptors (Lipinski definition) is 4. The zero-order valence-electron chi connectivity index (χ0n) is 7.31. The number of rotatable bonds is 2. The van der Waals surface area contributed by atoms with Crippen molar-refractivity contribution in [1.82, 2.24) is 4.98 Å². The molecule has 0 fully saturated rings. The molecule has 1 aromatic carbocycles. The SMILES string of the molecule is Cc1ccc2nc(NS(=O)[O-])sc2c1. The largest absolute Gasteiger partial charge is 0.755 e. The molecule has 0 saturated heterocycles. The second-order valence-electron chi connectivity index (χ2n) is 2.83. The standard InChI is InChI=1S/C8H8N2O2S2/c1-5-2-3-6-7(4-5)13-8(9-6)10-14(11)12/h2-4H,1H3,(H,9,10)(H,11,12)/p-1. The summed E-state index contributed by atoms with van der Waals surface area (Å²) in [6.07, 6.45) is 0. The molecule has 1 heterocycles. The van der Waals surface area contributed by atoms with Crippen LogP contribution in [-0.2, 0) is 11.3 Å². The molecule has 1 unspecified atom stereocenters. The van der Waals surface area contributed by atoms with Crippen molar-refractivity contribution in [2.45, 2.75) is 6.92 Å². The van der Waals surface area contributed by atoms with E-state index in [-0.39, 0.29) is 0 Å². The first kappa shape index (κ1) is 9.57. The van der Waals surface area contributed by atoms with Crippen LogP contribution < -0.4 is 4.72 Å². The van der Waals surface area contributed by atoms with Crippen molar-refractivity contribution in [3.8, 4) is 0 Å². The van der Waals surface area contributed by atoms with Crippen molar-refractivity contribution in [3.05, 3.63) is 23.8 Å². The number of anilines is 1. The Morgan fingerprint density at radius 2 is 2.36 bits per heavy atom. The number of hydrogen-bond donors (Lipinski definition) is 1. The summed E-state index contributed by atoms with van der Waals surface area (Å²) in [5.74, 6) is 0. The normalized spacial score (nSPS) is 13.0. The lowest BCUT2D eigenvalue weighted by Gasteiger charge is -2.02. The quantitative estimate of drug-likeness (QED) is 0.796. The predicted molar refractivity (Wildman–Crippen MR) is 56.9 cm³/mol. The molecule has 0 radical (unpaired) electrons. The van der Waals surface area contributed by atoms with Gasteiger partial charge in [-0.15, -0.1) is 0 Å². The third-order valence-electron chi connectivity index (χ3n) is 1.71. The molecule has 0 aliphatic carbocycles. The molecule has 1 N–H and O–H groups in total. The van der Waals surface area contributed by atoms with Gasteiger partial charge in [-0.2, -0.15) is 0 Å². The molecule has 0 amide bonds. The van der Waals surface area contributed by atoms with Gasteiger partial charge in [-0.3, -0.25) is 8.93 Å². The van der Waals surface area contributed by atoms with Crippen LogP contribution in [-0.4, -0.2) is 13.7 Å². The number of thiazole rings is 1. The molecule has 2 aromatic rings. The second-order valence-corrected chi connectivity index (χ2v) is 4.53. The van der Waals surface area contributed by atoms with Crippen molar-refractivity contribution < 1.29 is 8.76 Å². The zero-order chi connectivity index (χ0) is 10.1. The molecule has 1 aromatic heterocycles. The highest BCUT2D eigenvalue weighted by Crippen LogP contribution is 2.26. The molecule has 0 bridgehead atoms. The molecule has 2 rings (SSSR count). The molecular weight excluding hydrogens is 220 g/mol. The minimum Gasteiger partial charge on any atom is -0.755 e. The number of aromatic nitrogens is 1. The molecule has 0 aliphatic rings. The molecule has 0 aliphatic heterocycles. The van der Waals surface area contributed by atoms with E-state index in [0.717, 1.165) is 15.8 Å². The van der Waals surface area contributed by atoms with Crippen LogP contribution in [0, 0.1) is 6.92 Å². The highest BCUT2D eigenvalue weighted by atomic mass is 32.2. The van der Waals surface area contributed by atoms with Gasteiger partial charge in [0.1, 0.15) is 0 Å². The molecular formula is C8H7N2O2S2-. The highest BCUT2D eigenvalue weighted by molar-refractivity contribution is 7.80. The first-order chi connectivity index (χ1) is 6.65. The maximum atomic E-state index is 10.4. The van der Waals surface area contributed by atoms with E-state index in [2.05, 4.69) is 9.71 Å². The molecule has 0 spiro atoms. The Kier molecular flexibility index (Phi) is 2.49. The minimum absolute atomic E-state index is 0.402. The van der Waals surface area contributed by atoms with Crippen molar-refractivity contribution in [2.24, 2.45) is 0 Å². The fourth-order valence-electron chi connectivity index (χ4n) is 1.15. The van der Waals surface area contributed by atoms with Gasteiger partial charge in [0.2, 0.25) is 0 Å². The molecule has 1 atom stereocenters. The van der Waals surface area contributed by atoms with Crippen molar-refractivity contribution in [2.75, 3.05) is 4.72 Å². The fraction of sp³-hybridized carbons (Fsp3) is 0.125. The van der Waals surface area contributed by atoms with Crippen LogP contribution in [0.25, 0.3) is 10.2 Å². The summed E-state index contributed by atoms with van der Waals surface area (Å²) in [5, 5.41) is 0.402. The fourth-order valence-corrected chi connectivity index (χ4v) is 2.52. The number of aryl methyl sites for hydroxylation is 1. The van der Waals surface area contributed by atoms with Crippen LogP contribution in [0.5, 0.6) is 0 Å². The van der Waals surface area contributed by atoms with Gasteiger partial charge in [-0.05, 0) is 24.6 Å². The van der Waals surface area contributed by atoms with E-state index in [9.17, 15) is 8.76 Å². The smallest absolute Gasteiger partial charge is 0.194 e. The van der Waals surface area contributed by atoms with Gasteiger partial charge in [0.15, 0.2) is 5.13 Å². The van der Waals surface area contributed by atoms with Gasteiger partial charge in [0.05, 0.1) is 10.2 Å². The van der Waals surface area contributed by atoms with Crippen LogP contribution in [0.15, 0.2) is 18.2 Å². The average molecular weight is 227 g/mol. The first-order valence-electron chi connectivity index (χ1n) is 3.88.